The second kappa shape index (κ2) is 4.41. The molecule has 1 aliphatic heterocycles. The SMILES string of the molecule is CC1NCCc2nc(-c3ccccc3Cl)sc21. The van der Waals surface area contributed by atoms with Crippen LogP contribution in [0.15, 0.2) is 24.3 Å². The predicted molar refractivity (Wildman–Crippen MR) is 72.7 cm³/mol. The van der Waals surface area contributed by atoms with Gasteiger partial charge in [0.05, 0.1) is 10.7 Å². The average Bonchev–Trinajstić information content (AvgIpc) is 2.75. The van der Waals surface area contributed by atoms with E-state index in [0.717, 1.165) is 28.6 Å². The largest absolute Gasteiger partial charge is 0.309 e. The Morgan fingerprint density at radius 3 is 3.00 bits per heavy atom. The van der Waals surface area contributed by atoms with E-state index in [1.165, 1.54) is 10.6 Å². The Kier molecular flexibility index (Phi) is 2.90. The van der Waals surface area contributed by atoms with Crippen LogP contribution in [0.1, 0.15) is 23.5 Å². The fourth-order valence-corrected chi connectivity index (χ4v) is 3.59. The maximum Gasteiger partial charge on any atom is 0.125 e. The lowest BCUT2D eigenvalue weighted by atomic mass is 10.1. The summed E-state index contributed by atoms with van der Waals surface area (Å²) in [6.45, 7) is 3.20. The first-order valence-electron chi connectivity index (χ1n) is 5.73. The Morgan fingerprint density at radius 1 is 1.41 bits per heavy atom. The number of halogens is 1. The zero-order chi connectivity index (χ0) is 11.8. The van der Waals surface area contributed by atoms with Crippen molar-refractivity contribution in [2.75, 3.05) is 6.54 Å². The number of hydrogen-bond acceptors (Lipinski definition) is 3. The van der Waals surface area contributed by atoms with Gasteiger partial charge in [-0.3, -0.25) is 0 Å². The highest BCUT2D eigenvalue weighted by Gasteiger charge is 2.21. The number of thiazole rings is 1. The summed E-state index contributed by atoms with van der Waals surface area (Å²) in [5, 5.41) is 5.27. The van der Waals surface area contributed by atoms with Gasteiger partial charge in [-0.25, -0.2) is 4.98 Å². The van der Waals surface area contributed by atoms with Gasteiger partial charge in [-0.2, -0.15) is 0 Å². The van der Waals surface area contributed by atoms with Crippen LogP contribution in [0.25, 0.3) is 10.6 Å². The molecule has 2 aromatic rings. The number of rotatable bonds is 1. The van der Waals surface area contributed by atoms with Gasteiger partial charge >= 0.3 is 0 Å². The molecule has 0 spiro atoms. The van der Waals surface area contributed by atoms with E-state index in [1.807, 2.05) is 24.3 Å². The lowest BCUT2D eigenvalue weighted by Gasteiger charge is -2.18. The molecule has 88 valence electrons. The summed E-state index contributed by atoms with van der Waals surface area (Å²) >= 11 is 7.96. The molecule has 1 aromatic heterocycles. The number of aromatic nitrogens is 1. The van der Waals surface area contributed by atoms with Crippen molar-refractivity contribution >= 4 is 22.9 Å². The molecule has 2 nitrogen and oxygen atoms in total. The van der Waals surface area contributed by atoms with Crippen LogP contribution < -0.4 is 5.32 Å². The Balaban J connectivity index is 2.08. The molecular weight excluding hydrogens is 252 g/mol. The van der Waals surface area contributed by atoms with Gasteiger partial charge in [0.1, 0.15) is 5.01 Å². The van der Waals surface area contributed by atoms with Crippen molar-refractivity contribution < 1.29 is 0 Å². The van der Waals surface area contributed by atoms with Gasteiger partial charge in [-0.15, -0.1) is 11.3 Å². The van der Waals surface area contributed by atoms with Crippen LogP contribution in [0.3, 0.4) is 0 Å². The third-order valence-electron chi connectivity index (χ3n) is 3.04. The van der Waals surface area contributed by atoms with E-state index in [0.29, 0.717) is 6.04 Å². The molecule has 2 heterocycles. The molecule has 0 aliphatic carbocycles. The van der Waals surface area contributed by atoms with Crippen molar-refractivity contribution in [3.05, 3.63) is 39.9 Å². The third-order valence-corrected chi connectivity index (χ3v) is 4.68. The Morgan fingerprint density at radius 2 is 2.24 bits per heavy atom. The highest BCUT2D eigenvalue weighted by molar-refractivity contribution is 7.15. The smallest absolute Gasteiger partial charge is 0.125 e. The first-order chi connectivity index (χ1) is 8.25. The molecule has 0 amide bonds. The molecular formula is C13H13ClN2S. The van der Waals surface area contributed by atoms with E-state index in [9.17, 15) is 0 Å². The maximum atomic E-state index is 6.21. The molecule has 1 atom stereocenters. The Bertz CT molecular complexity index is 550. The number of fused-ring (bicyclic) bond motifs is 1. The maximum absolute atomic E-state index is 6.21. The van der Waals surface area contributed by atoms with Crippen molar-refractivity contribution in [3.63, 3.8) is 0 Å². The van der Waals surface area contributed by atoms with Crippen LogP contribution in [-0.4, -0.2) is 11.5 Å². The molecule has 17 heavy (non-hydrogen) atoms. The van der Waals surface area contributed by atoms with Gasteiger partial charge < -0.3 is 5.32 Å². The standard InChI is InChI=1S/C13H13ClN2S/c1-8-12-11(6-7-15-8)16-13(17-12)9-4-2-3-5-10(9)14/h2-5,8,15H,6-7H2,1H3. The molecule has 0 radical (unpaired) electrons. The molecule has 1 N–H and O–H groups in total. The Hall–Kier alpha value is -0.900. The van der Waals surface area contributed by atoms with Crippen LogP contribution in [0.2, 0.25) is 5.02 Å². The fraction of sp³-hybridized carbons (Fsp3) is 0.308. The summed E-state index contributed by atoms with van der Waals surface area (Å²) in [5.41, 5.74) is 2.27. The number of hydrogen-bond donors (Lipinski definition) is 1. The van der Waals surface area contributed by atoms with E-state index >= 15 is 0 Å². The number of benzene rings is 1. The molecule has 4 heteroatoms. The Labute approximate surface area is 110 Å². The van der Waals surface area contributed by atoms with Gasteiger partial charge in [0.2, 0.25) is 0 Å². The zero-order valence-electron chi connectivity index (χ0n) is 9.53. The normalized spacial score (nSPS) is 19.1. The van der Waals surface area contributed by atoms with Gasteiger partial charge in [0, 0.05) is 29.4 Å². The number of nitrogens with one attached hydrogen (secondary N) is 1. The average molecular weight is 265 g/mol. The minimum atomic E-state index is 0.410. The zero-order valence-corrected chi connectivity index (χ0v) is 11.1. The fourth-order valence-electron chi connectivity index (χ4n) is 2.13. The minimum absolute atomic E-state index is 0.410. The van der Waals surface area contributed by atoms with E-state index in [2.05, 4.69) is 12.2 Å². The molecule has 0 bridgehead atoms. The third kappa shape index (κ3) is 1.99. The van der Waals surface area contributed by atoms with Crippen LogP contribution in [0.4, 0.5) is 0 Å². The van der Waals surface area contributed by atoms with E-state index in [4.69, 9.17) is 16.6 Å². The second-order valence-corrected chi connectivity index (χ2v) is 5.67. The van der Waals surface area contributed by atoms with Crippen molar-refractivity contribution in [1.82, 2.24) is 10.3 Å². The molecule has 0 fully saturated rings. The van der Waals surface area contributed by atoms with Gasteiger partial charge in [-0.05, 0) is 13.0 Å². The summed E-state index contributed by atoms with van der Waals surface area (Å²) in [4.78, 5) is 6.08. The summed E-state index contributed by atoms with van der Waals surface area (Å²) in [5.74, 6) is 0. The van der Waals surface area contributed by atoms with Crippen LogP contribution in [0.5, 0.6) is 0 Å². The lowest BCUT2D eigenvalue weighted by molar-refractivity contribution is 0.545. The quantitative estimate of drug-likeness (QED) is 0.850. The molecule has 1 unspecified atom stereocenters. The summed E-state index contributed by atoms with van der Waals surface area (Å²) in [6.07, 6.45) is 1.01. The van der Waals surface area contributed by atoms with Gasteiger partial charge in [0.25, 0.3) is 0 Å². The van der Waals surface area contributed by atoms with Crippen molar-refractivity contribution in [2.24, 2.45) is 0 Å². The molecule has 1 aromatic carbocycles. The van der Waals surface area contributed by atoms with Crippen LogP contribution in [0, 0.1) is 0 Å². The van der Waals surface area contributed by atoms with E-state index in [-0.39, 0.29) is 0 Å². The summed E-state index contributed by atoms with van der Waals surface area (Å²) in [7, 11) is 0. The van der Waals surface area contributed by atoms with Gasteiger partial charge in [0.15, 0.2) is 0 Å². The van der Waals surface area contributed by atoms with E-state index < -0.39 is 0 Å². The molecule has 0 saturated heterocycles. The summed E-state index contributed by atoms with van der Waals surface area (Å²) in [6, 6.07) is 8.31. The molecule has 1 aliphatic rings. The molecule has 3 rings (SSSR count). The number of nitrogens with zero attached hydrogens (tertiary/aromatic N) is 1. The van der Waals surface area contributed by atoms with Gasteiger partial charge in [-0.1, -0.05) is 29.8 Å². The summed E-state index contributed by atoms with van der Waals surface area (Å²) < 4.78 is 0. The van der Waals surface area contributed by atoms with Crippen molar-refractivity contribution in [2.45, 2.75) is 19.4 Å². The minimum Gasteiger partial charge on any atom is -0.309 e. The molecule has 0 saturated carbocycles. The van der Waals surface area contributed by atoms with Crippen molar-refractivity contribution in [3.8, 4) is 10.6 Å². The second-order valence-electron chi connectivity index (χ2n) is 4.24. The van der Waals surface area contributed by atoms with Crippen LogP contribution in [-0.2, 0) is 6.42 Å². The first kappa shape index (κ1) is 11.2. The lowest BCUT2D eigenvalue weighted by Crippen LogP contribution is -2.26. The van der Waals surface area contributed by atoms with Crippen molar-refractivity contribution in [1.29, 1.82) is 0 Å². The highest BCUT2D eigenvalue weighted by Crippen LogP contribution is 2.36. The topological polar surface area (TPSA) is 24.9 Å². The van der Waals surface area contributed by atoms with Crippen LogP contribution >= 0.6 is 22.9 Å². The highest BCUT2D eigenvalue weighted by atomic mass is 35.5. The van der Waals surface area contributed by atoms with E-state index in [1.54, 1.807) is 11.3 Å². The predicted octanol–water partition coefficient (Wildman–Crippen LogP) is 3.67. The monoisotopic (exact) mass is 264 g/mol. The first-order valence-corrected chi connectivity index (χ1v) is 6.93.